The molecule has 0 aromatic carbocycles. The lowest BCUT2D eigenvalue weighted by molar-refractivity contribution is -0.137. The van der Waals surface area contributed by atoms with Crippen molar-refractivity contribution in [2.24, 2.45) is 0 Å². The van der Waals surface area contributed by atoms with Crippen LogP contribution in [0.15, 0.2) is 35.8 Å². The molecule has 0 radical (unpaired) electrons. The number of nitrogens with one attached hydrogen (secondary N) is 2. The Labute approximate surface area is 146 Å². The van der Waals surface area contributed by atoms with Gasteiger partial charge in [0.15, 0.2) is 0 Å². The fraction of sp³-hybridized carbons (Fsp3) is 0.375. The zero-order valence-corrected chi connectivity index (χ0v) is 14.0. The van der Waals surface area contributed by atoms with E-state index in [4.69, 9.17) is 0 Å². The number of hydrogen-bond donors (Lipinski definition) is 2. The molecule has 9 heteroatoms. The van der Waals surface area contributed by atoms with Gasteiger partial charge in [0, 0.05) is 30.2 Å². The van der Waals surface area contributed by atoms with E-state index in [0.29, 0.717) is 25.5 Å². The number of carbonyl (C=O) groups is 1. The van der Waals surface area contributed by atoms with Crippen LogP contribution in [0, 0.1) is 0 Å². The molecule has 2 aromatic heterocycles. The highest BCUT2D eigenvalue weighted by Gasteiger charge is 2.31. The van der Waals surface area contributed by atoms with Crippen LogP contribution >= 0.6 is 11.3 Å². The lowest BCUT2D eigenvalue weighted by atomic mass is 10.2. The van der Waals surface area contributed by atoms with Gasteiger partial charge < -0.3 is 15.5 Å². The summed E-state index contributed by atoms with van der Waals surface area (Å²) < 4.78 is 37.7. The first kappa shape index (κ1) is 17.5. The summed E-state index contributed by atoms with van der Waals surface area (Å²) in [7, 11) is 0. The van der Waals surface area contributed by atoms with Crippen LogP contribution in [0.4, 0.5) is 23.8 Å². The van der Waals surface area contributed by atoms with Crippen LogP contribution < -0.4 is 15.5 Å². The van der Waals surface area contributed by atoms with Gasteiger partial charge >= 0.3 is 12.2 Å². The maximum Gasteiger partial charge on any atom is 0.417 e. The summed E-state index contributed by atoms with van der Waals surface area (Å²) in [5.41, 5.74) is -0.766. The molecule has 5 nitrogen and oxygen atoms in total. The second kappa shape index (κ2) is 7.30. The number of anilines is 1. The van der Waals surface area contributed by atoms with E-state index in [1.165, 1.54) is 6.07 Å². The number of amides is 2. The van der Waals surface area contributed by atoms with Gasteiger partial charge in [-0.15, -0.1) is 11.3 Å². The topological polar surface area (TPSA) is 57.3 Å². The maximum atomic E-state index is 12.6. The van der Waals surface area contributed by atoms with Gasteiger partial charge in [-0.1, -0.05) is 6.07 Å². The van der Waals surface area contributed by atoms with E-state index in [2.05, 4.69) is 15.6 Å². The number of aromatic nitrogens is 1. The second-order valence-corrected chi connectivity index (χ2v) is 6.77. The van der Waals surface area contributed by atoms with Crippen molar-refractivity contribution in [3.8, 4) is 0 Å². The number of urea groups is 1. The minimum Gasteiger partial charge on any atom is -0.354 e. The lowest BCUT2D eigenvalue weighted by Crippen LogP contribution is -2.43. The maximum absolute atomic E-state index is 12.6. The number of pyridine rings is 1. The summed E-state index contributed by atoms with van der Waals surface area (Å²) in [6, 6.07) is 5.94. The SMILES string of the molecule is O=C(NCc1cccs1)N[C@H]1CCN(c2ccc(C(F)(F)F)cn2)C1. The molecule has 1 saturated heterocycles. The number of halogens is 3. The van der Waals surface area contributed by atoms with Crippen molar-refractivity contribution >= 4 is 23.2 Å². The Morgan fingerprint density at radius 2 is 2.20 bits per heavy atom. The first-order chi connectivity index (χ1) is 11.9. The van der Waals surface area contributed by atoms with Crippen LogP contribution in [-0.2, 0) is 12.7 Å². The second-order valence-electron chi connectivity index (χ2n) is 5.74. The number of carbonyl (C=O) groups excluding carboxylic acids is 1. The van der Waals surface area contributed by atoms with E-state index in [0.717, 1.165) is 23.6 Å². The van der Waals surface area contributed by atoms with Gasteiger partial charge in [-0.05, 0) is 30.0 Å². The molecule has 3 rings (SSSR count). The number of alkyl halides is 3. The lowest BCUT2D eigenvalue weighted by Gasteiger charge is -2.18. The van der Waals surface area contributed by atoms with Crippen molar-refractivity contribution in [3.05, 3.63) is 46.3 Å². The minimum atomic E-state index is -4.39. The van der Waals surface area contributed by atoms with E-state index in [1.54, 1.807) is 11.3 Å². The number of rotatable bonds is 4. The van der Waals surface area contributed by atoms with Gasteiger partial charge in [0.1, 0.15) is 5.82 Å². The molecular weight excluding hydrogens is 353 g/mol. The standard InChI is InChI=1S/C16H17F3N4OS/c17-16(18,19)11-3-4-14(20-8-11)23-6-5-12(10-23)22-15(24)21-9-13-2-1-7-25-13/h1-4,7-8,12H,5-6,9-10H2,(H2,21,22,24)/t12-/m0/s1. The van der Waals surface area contributed by atoms with Gasteiger partial charge in [0.05, 0.1) is 12.1 Å². The Hall–Kier alpha value is -2.29. The molecule has 1 aliphatic rings. The van der Waals surface area contributed by atoms with Gasteiger partial charge in [-0.2, -0.15) is 13.2 Å². The molecule has 0 aliphatic carbocycles. The van der Waals surface area contributed by atoms with E-state index in [9.17, 15) is 18.0 Å². The van der Waals surface area contributed by atoms with Gasteiger partial charge in [-0.25, -0.2) is 9.78 Å². The van der Waals surface area contributed by atoms with Crippen molar-refractivity contribution in [2.45, 2.75) is 25.2 Å². The van der Waals surface area contributed by atoms with Crippen molar-refractivity contribution in [1.29, 1.82) is 0 Å². The predicted molar refractivity (Wildman–Crippen MR) is 89.5 cm³/mol. The van der Waals surface area contributed by atoms with Crippen LogP contribution in [0.5, 0.6) is 0 Å². The summed E-state index contributed by atoms with van der Waals surface area (Å²) in [5, 5.41) is 7.62. The zero-order valence-electron chi connectivity index (χ0n) is 13.2. The van der Waals surface area contributed by atoms with Crippen molar-refractivity contribution in [3.63, 3.8) is 0 Å². The summed E-state index contributed by atoms with van der Waals surface area (Å²) in [6.07, 6.45) is -2.83. The number of thiophene rings is 1. The van der Waals surface area contributed by atoms with E-state index in [-0.39, 0.29) is 12.1 Å². The summed E-state index contributed by atoms with van der Waals surface area (Å²) in [6.45, 7) is 1.62. The molecule has 2 aromatic rings. The highest BCUT2D eigenvalue weighted by molar-refractivity contribution is 7.09. The Morgan fingerprint density at radius 3 is 2.84 bits per heavy atom. The molecule has 2 amide bonds. The monoisotopic (exact) mass is 370 g/mol. The Morgan fingerprint density at radius 1 is 1.36 bits per heavy atom. The smallest absolute Gasteiger partial charge is 0.354 e. The molecule has 1 aliphatic heterocycles. The van der Waals surface area contributed by atoms with E-state index >= 15 is 0 Å². The van der Waals surface area contributed by atoms with Crippen LogP contribution in [-0.4, -0.2) is 30.1 Å². The Bertz CT molecular complexity index is 703. The molecule has 2 N–H and O–H groups in total. The third-order valence-electron chi connectivity index (χ3n) is 3.93. The molecule has 0 spiro atoms. The first-order valence-electron chi connectivity index (χ1n) is 7.77. The summed E-state index contributed by atoms with van der Waals surface area (Å²) >= 11 is 1.57. The average molecular weight is 370 g/mol. The Kier molecular flexibility index (Phi) is 5.12. The summed E-state index contributed by atoms with van der Waals surface area (Å²) in [5.74, 6) is 0.483. The van der Waals surface area contributed by atoms with Crippen molar-refractivity contribution in [1.82, 2.24) is 15.6 Å². The molecule has 3 heterocycles. The van der Waals surface area contributed by atoms with Crippen LogP contribution in [0.25, 0.3) is 0 Å². The fourth-order valence-corrected chi connectivity index (χ4v) is 3.29. The minimum absolute atomic E-state index is 0.0626. The Balaban J connectivity index is 1.49. The van der Waals surface area contributed by atoms with Crippen LogP contribution in [0.2, 0.25) is 0 Å². The number of nitrogens with zero attached hydrogens (tertiary/aromatic N) is 2. The molecule has 134 valence electrons. The molecule has 25 heavy (non-hydrogen) atoms. The van der Waals surface area contributed by atoms with E-state index in [1.807, 2.05) is 22.4 Å². The average Bonchev–Trinajstić information content (AvgIpc) is 3.24. The van der Waals surface area contributed by atoms with Gasteiger partial charge in [0.2, 0.25) is 0 Å². The van der Waals surface area contributed by atoms with Crippen LogP contribution in [0.1, 0.15) is 16.9 Å². The highest BCUT2D eigenvalue weighted by Crippen LogP contribution is 2.29. The predicted octanol–water partition coefficient (Wildman–Crippen LogP) is 3.24. The third-order valence-corrected chi connectivity index (χ3v) is 4.80. The molecule has 0 saturated carbocycles. The molecule has 0 unspecified atom stereocenters. The quantitative estimate of drug-likeness (QED) is 0.869. The molecule has 1 fully saturated rings. The first-order valence-corrected chi connectivity index (χ1v) is 8.65. The third kappa shape index (κ3) is 4.62. The molecule has 0 bridgehead atoms. The summed E-state index contributed by atoms with van der Waals surface area (Å²) in [4.78, 5) is 18.7. The highest BCUT2D eigenvalue weighted by atomic mass is 32.1. The molecular formula is C16H17F3N4OS. The fourth-order valence-electron chi connectivity index (χ4n) is 2.64. The van der Waals surface area contributed by atoms with Crippen LogP contribution in [0.3, 0.4) is 0 Å². The normalized spacial score (nSPS) is 17.6. The van der Waals surface area contributed by atoms with E-state index < -0.39 is 11.7 Å². The zero-order chi connectivity index (χ0) is 17.9. The largest absolute Gasteiger partial charge is 0.417 e. The number of hydrogen-bond acceptors (Lipinski definition) is 4. The van der Waals surface area contributed by atoms with Crippen molar-refractivity contribution in [2.75, 3.05) is 18.0 Å². The van der Waals surface area contributed by atoms with Crippen molar-refractivity contribution < 1.29 is 18.0 Å². The van der Waals surface area contributed by atoms with Gasteiger partial charge in [-0.3, -0.25) is 0 Å². The molecule has 1 atom stereocenters. The van der Waals surface area contributed by atoms with Gasteiger partial charge in [0.25, 0.3) is 0 Å².